The summed E-state index contributed by atoms with van der Waals surface area (Å²) in [6, 6.07) is 11.5. The number of amides is 1. The van der Waals surface area contributed by atoms with Crippen LogP contribution in [0.5, 0.6) is 17.2 Å². The van der Waals surface area contributed by atoms with Gasteiger partial charge >= 0.3 is 0 Å². The third-order valence-corrected chi connectivity index (χ3v) is 5.31. The lowest BCUT2D eigenvalue weighted by molar-refractivity contribution is -0.111. The van der Waals surface area contributed by atoms with Crippen molar-refractivity contribution >= 4 is 17.7 Å². The minimum absolute atomic E-state index is 0.179. The van der Waals surface area contributed by atoms with Crippen molar-refractivity contribution in [2.45, 2.75) is 37.9 Å². The summed E-state index contributed by atoms with van der Waals surface area (Å²) in [5.41, 5.74) is 2.88. The van der Waals surface area contributed by atoms with Crippen LogP contribution in [0.4, 0.5) is 5.69 Å². The van der Waals surface area contributed by atoms with Gasteiger partial charge in [0.25, 0.3) is 5.79 Å². The van der Waals surface area contributed by atoms with Crippen LogP contribution >= 0.6 is 0 Å². The van der Waals surface area contributed by atoms with Crippen molar-refractivity contribution in [3.05, 3.63) is 53.6 Å². The molecule has 0 bridgehead atoms. The number of anilines is 1. The van der Waals surface area contributed by atoms with E-state index >= 15 is 0 Å². The molecule has 3 aliphatic rings. The molecule has 2 heterocycles. The van der Waals surface area contributed by atoms with Crippen molar-refractivity contribution in [2.24, 2.45) is 0 Å². The molecule has 1 saturated carbocycles. The van der Waals surface area contributed by atoms with Crippen molar-refractivity contribution in [3.8, 4) is 17.2 Å². The molecule has 1 aliphatic carbocycles. The number of hydrogen-bond donors (Lipinski definition) is 1. The molecule has 1 N–H and O–H groups in total. The zero-order valence-corrected chi connectivity index (χ0v) is 15.0. The number of fused-ring (bicyclic) bond motifs is 2. The van der Waals surface area contributed by atoms with Crippen molar-refractivity contribution in [3.63, 3.8) is 0 Å². The van der Waals surface area contributed by atoms with Crippen molar-refractivity contribution < 1.29 is 19.0 Å². The van der Waals surface area contributed by atoms with Crippen LogP contribution in [-0.4, -0.2) is 18.3 Å². The van der Waals surface area contributed by atoms with Crippen LogP contribution in [0.1, 0.15) is 36.8 Å². The molecule has 5 nitrogen and oxygen atoms in total. The highest BCUT2D eigenvalue weighted by atomic mass is 16.7. The van der Waals surface area contributed by atoms with Gasteiger partial charge in [0.1, 0.15) is 5.75 Å². The number of carbonyl (C=O) groups excluding carboxylic acids is 1. The maximum absolute atomic E-state index is 12.3. The van der Waals surface area contributed by atoms with Crippen LogP contribution in [0.15, 0.2) is 42.5 Å². The first-order valence-electron chi connectivity index (χ1n) is 9.46. The molecule has 5 rings (SSSR count). The molecule has 1 spiro atoms. The smallest absolute Gasteiger partial charge is 0.251 e. The van der Waals surface area contributed by atoms with Gasteiger partial charge in [-0.15, -0.1) is 0 Å². The predicted molar refractivity (Wildman–Crippen MR) is 102 cm³/mol. The largest absolute Gasteiger partial charge is 0.493 e. The van der Waals surface area contributed by atoms with Gasteiger partial charge in [-0.25, -0.2) is 0 Å². The molecule has 138 valence electrons. The Morgan fingerprint density at radius 3 is 2.70 bits per heavy atom. The third-order valence-electron chi connectivity index (χ3n) is 5.31. The topological polar surface area (TPSA) is 56.8 Å². The Morgan fingerprint density at radius 2 is 1.81 bits per heavy atom. The molecule has 0 saturated heterocycles. The van der Waals surface area contributed by atoms with E-state index in [-0.39, 0.29) is 5.91 Å². The van der Waals surface area contributed by atoms with Gasteiger partial charge in [-0.2, -0.15) is 0 Å². The summed E-state index contributed by atoms with van der Waals surface area (Å²) in [7, 11) is 0. The molecule has 2 aromatic carbocycles. The van der Waals surface area contributed by atoms with E-state index in [1.54, 1.807) is 6.08 Å². The zero-order chi connectivity index (χ0) is 18.3. The molecule has 0 aromatic heterocycles. The van der Waals surface area contributed by atoms with Gasteiger partial charge in [0.2, 0.25) is 5.91 Å². The summed E-state index contributed by atoms with van der Waals surface area (Å²) in [5.74, 6) is 1.74. The highest BCUT2D eigenvalue weighted by molar-refractivity contribution is 6.02. The van der Waals surface area contributed by atoms with Crippen LogP contribution < -0.4 is 19.5 Å². The maximum atomic E-state index is 12.3. The molecule has 27 heavy (non-hydrogen) atoms. The second-order valence-corrected chi connectivity index (χ2v) is 7.27. The predicted octanol–water partition coefficient (Wildman–Crippen LogP) is 4.31. The standard InChI is InChI=1S/C22H21NO4/c24-21(8-4-15-3-6-18-16(13-15)9-12-25-18)23-17-5-7-19-20(14-17)27-22(26-19)10-1-2-11-22/h3-8,13-14H,1-2,9-12H2,(H,23,24)/b8-4+. The quantitative estimate of drug-likeness (QED) is 0.826. The average Bonchev–Trinajstić information content (AvgIpc) is 3.39. The summed E-state index contributed by atoms with van der Waals surface area (Å²) < 4.78 is 17.5. The van der Waals surface area contributed by atoms with Gasteiger partial charge in [0.05, 0.1) is 6.61 Å². The number of ether oxygens (including phenoxy) is 3. The van der Waals surface area contributed by atoms with Gasteiger partial charge in [-0.1, -0.05) is 6.07 Å². The van der Waals surface area contributed by atoms with Crippen LogP contribution in [0.2, 0.25) is 0 Å². The monoisotopic (exact) mass is 363 g/mol. The van der Waals surface area contributed by atoms with Crippen LogP contribution in [0.25, 0.3) is 6.08 Å². The lowest BCUT2D eigenvalue weighted by Gasteiger charge is -2.21. The SMILES string of the molecule is O=C(/C=C/c1ccc2c(c1)CCO2)Nc1ccc2c(c1)OC1(CCCC1)O2. The summed E-state index contributed by atoms with van der Waals surface area (Å²) >= 11 is 0. The van der Waals surface area contributed by atoms with Gasteiger partial charge in [0, 0.05) is 37.1 Å². The van der Waals surface area contributed by atoms with Gasteiger partial charge in [-0.05, 0) is 54.3 Å². The second-order valence-electron chi connectivity index (χ2n) is 7.27. The number of benzene rings is 2. The second kappa shape index (κ2) is 6.34. The Bertz CT molecular complexity index is 928. The molecule has 2 aromatic rings. The number of carbonyl (C=O) groups is 1. The fraction of sp³-hybridized carbons (Fsp3) is 0.318. The summed E-state index contributed by atoms with van der Waals surface area (Å²) in [5, 5.41) is 2.89. The van der Waals surface area contributed by atoms with Crippen LogP contribution in [-0.2, 0) is 11.2 Å². The van der Waals surface area contributed by atoms with Crippen molar-refractivity contribution in [2.75, 3.05) is 11.9 Å². The molecular formula is C22H21NO4. The van der Waals surface area contributed by atoms with Crippen molar-refractivity contribution in [1.82, 2.24) is 0 Å². The first kappa shape index (κ1) is 16.2. The Kier molecular flexibility index (Phi) is 3.81. The zero-order valence-electron chi connectivity index (χ0n) is 15.0. The maximum Gasteiger partial charge on any atom is 0.251 e. The van der Waals surface area contributed by atoms with E-state index in [4.69, 9.17) is 14.2 Å². The minimum Gasteiger partial charge on any atom is -0.493 e. The summed E-state index contributed by atoms with van der Waals surface area (Å²) in [6.45, 7) is 0.731. The molecule has 0 radical (unpaired) electrons. The van der Waals surface area contributed by atoms with Gasteiger partial charge in [0.15, 0.2) is 11.5 Å². The molecule has 2 aliphatic heterocycles. The number of hydrogen-bond acceptors (Lipinski definition) is 4. The lowest BCUT2D eigenvalue weighted by atomic mass is 10.1. The normalized spacial score (nSPS) is 18.7. The lowest BCUT2D eigenvalue weighted by Crippen LogP contribution is -2.34. The molecule has 5 heteroatoms. The Hall–Kier alpha value is -2.95. The van der Waals surface area contributed by atoms with Crippen LogP contribution in [0, 0.1) is 0 Å². The Balaban J connectivity index is 1.25. The van der Waals surface area contributed by atoms with Crippen molar-refractivity contribution in [1.29, 1.82) is 0 Å². The van der Waals surface area contributed by atoms with Gasteiger partial charge < -0.3 is 19.5 Å². The van der Waals surface area contributed by atoms with E-state index < -0.39 is 5.79 Å². The van der Waals surface area contributed by atoms with Crippen LogP contribution in [0.3, 0.4) is 0 Å². The number of rotatable bonds is 3. The summed E-state index contributed by atoms with van der Waals surface area (Å²) in [4.78, 5) is 12.3. The molecule has 1 fully saturated rings. The third kappa shape index (κ3) is 3.14. The van der Waals surface area contributed by atoms with E-state index in [2.05, 4.69) is 11.4 Å². The Labute approximate surface area is 157 Å². The van der Waals surface area contributed by atoms with Gasteiger partial charge in [-0.3, -0.25) is 4.79 Å². The Morgan fingerprint density at radius 1 is 1.00 bits per heavy atom. The van der Waals surface area contributed by atoms with E-state index in [0.29, 0.717) is 11.4 Å². The first-order chi connectivity index (χ1) is 13.2. The van der Waals surface area contributed by atoms with E-state index in [0.717, 1.165) is 55.8 Å². The van der Waals surface area contributed by atoms with E-state index in [1.807, 2.05) is 36.4 Å². The molecule has 0 unspecified atom stereocenters. The fourth-order valence-electron chi connectivity index (χ4n) is 3.96. The minimum atomic E-state index is -0.484. The van der Waals surface area contributed by atoms with E-state index in [1.165, 1.54) is 5.56 Å². The summed E-state index contributed by atoms with van der Waals surface area (Å²) in [6.07, 6.45) is 8.35. The highest BCUT2D eigenvalue weighted by Gasteiger charge is 2.44. The molecular weight excluding hydrogens is 342 g/mol. The fourth-order valence-corrected chi connectivity index (χ4v) is 3.96. The number of nitrogens with one attached hydrogen (secondary N) is 1. The molecule has 1 amide bonds. The molecule has 0 atom stereocenters. The first-order valence-corrected chi connectivity index (χ1v) is 9.46. The average molecular weight is 363 g/mol. The highest BCUT2D eigenvalue weighted by Crippen LogP contribution is 2.47. The van der Waals surface area contributed by atoms with E-state index in [9.17, 15) is 4.79 Å².